The molecule has 3 heterocycles. The zero-order valence-corrected chi connectivity index (χ0v) is 20.1. The van der Waals surface area contributed by atoms with Gasteiger partial charge in [-0.3, -0.25) is 20.2 Å². The molecule has 0 atom stereocenters. The van der Waals surface area contributed by atoms with Gasteiger partial charge < -0.3 is 23.2 Å². The van der Waals surface area contributed by atoms with Gasteiger partial charge in [0.1, 0.15) is 17.2 Å². The van der Waals surface area contributed by atoms with Crippen LogP contribution in [-0.2, 0) is 14.3 Å². The van der Waals surface area contributed by atoms with E-state index in [1.54, 1.807) is 67.6 Å². The molecule has 12 heteroatoms. The molecular weight excluding hydrogens is 496 g/mol. The second kappa shape index (κ2) is 10.6. The molecule has 12 nitrogen and oxygen atoms in total. The number of furan rings is 1. The average molecular weight is 518 g/mol. The molecule has 38 heavy (non-hydrogen) atoms. The molecule has 2 N–H and O–H groups in total. The van der Waals surface area contributed by atoms with Crippen molar-refractivity contribution in [1.29, 1.82) is 0 Å². The maximum atomic E-state index is 12.6. The Morgan fingerprint density at radius 2 is 1.55 bits per heavy atom. The molecule has 194 valence electrons. The number of carbonyl (C=O) groups is 3. The number of carbonyl (C=O) groups excluding carboxylic acids is 3. The molecule has 0 aliphatic carbocycles. The number of aromatic nitrogens is 2. The van der Waals surface area contributed by atoms with Crippen LogP contribution in [0.5, 0.6) is 17.2 Å². The number of amides is 4. The molecule has 0 spiro atoms. The number of ether oxygens (including phenoxy) is 3. The van der Waals surface area contributed by atoms with E-state index in [0.717, 1.165) is 0 Å². The Morgan fingerprint density at radius 3 is 2.18 bits per heavy atom. The summed E-state index contributed by atoms with van der Waals surface area (Å²) >= 11 is 0. The van der Waals surface area contributed by atoms with Crippen molar-refractivity contribution in [1.82, 2.24) is 20.8 Å². The van der Waals surface area contributed by atoms with Crippen LogP contribution in [0.1, 0.15) is 13.3 Å². The van der Waals surface area contributed by atoms with Crippen molar-refractivity contribution in [2.45, 2.75) is 18.9 Å². The van der Waals surface area contributed by atoms with Crippen molar-refractivity contribution in [2.75, 3.05) is 13.2 Å². The number of hydrogen-bond donors (Lipinski definition) is 2. The summed E-state index contributed by atoms with van der Waals surface area (Å²) in [5.74, 6) is 0.735. The van der Waals surface area contributed by atoms with Gasteiger partial charge >= 0.3 is 6.03 Å². The number of hydrogen-bond acceptors (Lipinski definition) is 10. The lowest BCUT2D eigenvalue weighted by Crippen LogP contribution is -2.69. The predicted octanol–water partition coefficient (Wildman–Crippen LogP) is 3.70. The van der Waals surface area contributed by atoms with Crippen LogP contribution in [0.2, 0.25) is 0 Å². The van der Waals surface area contributed by atoms with Crippen molar-refractivity contribution in [3.63, 3.8) is 0 Å². The van der Waals surface area contributed by atoms with Crippen LogP contribution < -0.4 is 20.1 Å². The van der Waals surface area contributed by atoms with Crippen molar-refractivity contribution >= 4 is 17.8 Å². The van der Waals surface area contributed by atoms with E-state index in [0.29, 0.717) is 41.1 Å². The van der Waals surface area contributed by atoms with Crippen molar-refractivity contribution < 1.29 is 37.5 Å². The number of nitrogens with one attached hydrogen (secondary N) is 2. The third kappa shape index (κ3) is 5.11. The largest absolute Gasteiger partial charge is 0.467 e. The fourth-order valence-electron chi connectivity index (χ4n) is 3.70. The Hall–Kier alpha value is -4.97. The van der Waals surface area contributed by atoms with Crippen LogP contribution in [-0.4, -0.2) is 46.8 Å². The Kier molecular flexibility index (Phi) is 6.87. The number of rotatable bonds is 10. The van der Waals surface area contributed by atoms with Crippen molar-refractivity contribution in [2.24, 2.45) is 0 Å². The van der Waals surface area contributed by atoms with E-state index in [1.165, 1.54) is 6.26 Å². The molecule has 1 aliphatic heterocycles. The van der Waals surface area contributed by atoms with E-state index in [9.17, 15) is 14.4 Å². The lowest BCUT2D eigenvalue weighted by atomic mass is 9.95. The summed E-state index contributed by atoms with van der Waals surface area (Å²) < 4.78 is 27.6. The van der Waals surface area contributed by atoms with Gasteiger partial charge in [-0.1, -0.05) is 5.16 Å². The highest BCUT2D eigenvalue weighted by atomic mass is 16.5. The van der Waals surface area contributed by atoms with Gasteiger partial charge in [0, 0.05) is 18.6 Å². The molecule has 0 bridgehead atoms. The van der Waals surface area contributed by atoms with Crippen LogP contribution >= 0.6 is 0 Å². The quantitative estimate of drug-likeness (QED) is 0.234. The van der Waals surface area contributed by atoms with Gasteiger partial charge in [-0.05, 0) is 67.6 Å². The molecule has 1 aliphatic rings. The Morgan fingerprint density at radius 1 is 0.895 bits per heavy atom. The van der Waals surface area contributed by atoms with Gasteiger partial charge in [-0.15, -0.1) is 0 Å². The van der Waals surface area contributed by atoms with E-state index >= 15 is 0 Å². The topological polar surface area (TPSA) is 155 Å². The molecule has 0 unspecified atom stereocenters. The highest BCUT2D eigenvalue weighted by molar-refractivity contribution is 6.21. The summed E-state index contributed by atoms with van der Waals surface area (Å²) in [5.41, 5.74) is -1.25. The van der Waals surface area contributed by atoms with Crippen LogP contribution in [0.25, 0.3) is 23.0 Å². The molecular formula is C26H22N4O8. The first-order valence-electron chi connectivity index (χ1n) is 11.7. The van der Waals surface area contributed by atoms with Gasteiger partial charge in [0.25, 0.3) is 23.3 Å². The highest BCUT2D eigenvalue weighted by Gasteiger charge is 2.52. The standard InChI is InChI=1S/C26H22N4O8/c1-2-34-15-13-26(23(31)28-25(33)29-24(26)32)37-19-11-9-18(10-12-19)36-17-7-5-16(6-8-17)22-27-21(30-38-22)20-4-3-14-35-20/h3-12,14H,2,13,15H2,1H3,(H2,28,29,31,32,33). The van der Waals surface area contributed by atoms with E-state index < -0.39 is 23.4 Å². The third-order valence-corrected chi connectivity index (χ3v) is 5.61. The molecule has 4 aromatic rings. The summed E-state index contributed by atoms with van der Waals surface area (Å²) in [6.07, 6.45) is 1.45. The van der Waals surface area contributed by atoms with Crippen molar-refractivity contribution in [3.8, 4) is 40.3 Å². The first-order chi connectivity index (χ1) is 18.5. The Bertz CT molecular complexity index is 1410. The zero-order chi connectivity index (χ0) is 26.5. The fourth-order valence-corrected chi connectivity index (χ4v) is 3.70. The van der Waals surface area contributed by atoms with Gasteiger partial charge in [0.2, 0.25) is 5.82 Å². The van der Waals surface area contributed by atoms with E-state index in [-0.39, 0.29) is 18.8 Å². The van der Waals surface area contributed by atoms with Crippen LogP contribution in [0.3, 0.4) is 0 Å². The molecule has 2 aromatic heterocycles. The molecule has 5 rings (SSSR count). The van der Waals surface area contributed by atoms with E-state index in [2.05, 4.69) is 20.8 Å². The SMILES string of the molecule is CCOCCC1(Oc2ccc(Oc3ccc(-c4nc(-c5ccco5)no4)cc3)cc2)C(=O)NC(=O)NC1=O. The zero-order valence-electron chi connectivity index (χ0n) is 20.1. The van der Waals surface area contributed by atoms with Gasteiger partial charge in [-0.25, -0.2) is 4.79 Å². The normalized spacial score (nSPS) is 14.6. The van der Waals surface area contributed by atoms with E-state index in [1.807, 2.05) is 0 Å². The number of imide groups is 2. The second-order valence-electron chi connectivity index (χ2n) is 8.11. The first kappa shape index (κ1) is 24.7. The average Bonchev–Trinajstić information content (AvgIpc) is 3.61. The van der Waals surface area contributed by atoms with Crippen LogP contribution in [0.15, 0.2) is 75.9 Å². The van der Waals surface area contributed by atoms with E-state index in [4.69, 9.17) is 23.2 Å². The second-order valence-corrected chi connectivity index (χ2v) is 8.11. The summed E-state index contributed by atoms with van der Waals surface area (Å²) in [7, 11) is 0. The van der Waals surface area contributed by atoms with Crippen molar-refractivity contribution in [3.05, 3.63) is 66.9 Å². The maximum Gasteiger partial charge on any atom is 0.328 e. The lowest BCUT2D eigenvalue weighted by molar-refractivity contribution is -0.153. The Labute approximate surface area is 215 Å². The fraction of sp³-hybridized carbons (Fsp3) is 0.192. The van der Waals surface area contributed by atoms with Gasteiger partial charge in [-0.2, -0.15) is 4.98 Å². The molecule has 2 aromatic carbocycles. The minimum atomic E-state index is -1.95. The monoisotopic (exact) mass is 518 g/mol. The third-order valence-electron chi connectivity index (χ3n) is 5.61. The summed E-state index contributed by atoms with van der Waals surface area (Å²) in [6.45, 7) is 2.26. The number of nitrogens with zero attached hydrogens (tertiary/aromatic N) is 2. The predicted molar refractivity (Wildman–Crippen MR) is 130 cm³/mol. The smallest absolute Gasteiger partial charge is 0.328 e. The summed E-state index contributed by atoms with van der Waals surface area (Å²) in [6, 6.07) is 16.0. The first-order valence-corrected chi connectivity index (χ1v) is 11.7. The molecule has 0 saturated carbocycles. The van der Waals surface area contributed by atoms with Gasteiger partial charge in [0.15, 0.2) is 5.76 Å². The number of benzene rings is 2. The Balaban J connectivity index is 1.26. The van der Waals surface area contributed by atoms with Crippen LogP contribution in [0.4, 0.5) is 4.79 Å². The minimum absolute atomic E-state index is 0.0798. The highest BCUT2D eigenvalue weighted by Crippen LogP contribution is 2.30. The number of barbiturate groups is 1. The summed E-state index contributed by atoms with van der Waals surface area (Å²) in [5, 5.41) is 8.08. The molecule has 4 amide bonds. The maximum absolute atomic E-state index is 12.6. The van der Waals surface area contributed by atoms with Crippen LogP contribution in [0, 0.1) is 0 Å². The van der Waals surface area contributed by atoms with Gasteiger partial charge in [0.05, 0.1) is 12.9 Å². The molecule has 1 saturated heterocycles. The summed E-state index contributed by atoms with van der Waals surface area (Å²) in [4.78, 5) is 41.1. The number of urea groups is 1. The molecule has 0 radical (unpaired) electrons. The minimum Gasteiger partial charge on any atom is -0.467 e. The molecule has 1 fully saturated rings. The lowest BCUT2D eigenvalue weighted by Gasteiger charge is -2.34.